The summed E-state index contributed by atoms with van der Waals surface area (Å²) in [5, 5.41) is 10.3. The number of hydrogen-bond donors (Lipinski definition) is 2. The van der Waals surface area contributed by atoms with Gasteiger partial charge >= 0.3 is 6.18 Å². The van der Waals surface area contributed by atoms with Crippen LogP contribution >= 0.6 is 11.3 Å². The number of aromatic amines is 1. The van der Waals surface area contributed by atoms with Crippen LogP contribution in [0, 0.1) is 13.8 Å². The number of nitrogens with zero attached hydrogens (tertiary/aromatic N) is 2. The third-order valence-electron chi connectivity index (χ3n) is 4.41. The molecule has 0 saturated heterocycles. The van der Waals surface area contributed by atoms with Gasteiger partial charge in [0.1, 0.15) is 6.54 Å². The Morgan fingerprint density at radius 3 is 2.81 bits per heavy atom. The van der Waals surface area contributed by atoms with Crippen LogP contribution in [0.2, 0.25) is 0 Å². The van der Waals surface area contributed by atoms with Crippen LogP contribution in [-0.2, 0) is 0 Å². The number of halogens is 3. The van der Waals surface area contributed by atoms with E-state index in [9.17, 15) is 18.0 Å². The van der Waals surface area contributed by atoms with Gasteiger partial charge in [-0.25, -0.2) is 0 Å². The lowest BCUT2D eigenvalue weighted by molar-refractivity contribution is -0.123. The highest BCUT2D eigenvalue weighted by molar-refractivity contribution is 7.12. The van der Waals surface area contributed by atoms with E-state index in [0.29, 0.717) is 17.7 Å². The number of aromatic nitrogens is 1. The molecular formula is C17H19F3N4OS. The highest BCUT2D eigenvalue weighted by atomic mass is 32.1. The molecule has 3 heterocycles. The Balaban J connectivity index is 1.81. The lowest BCUT2D eigenvalue weighted by Gasteiger charge is -2.18. The summed E-state index contributed by atoms with van der Waals surface area (Å²) in [5.74, 6) is -0.722. The smallest absolute Gasteiger partial charge is 0.360 e. The van der Waals surface area contributed by atoms with E-state index in [1.165, 1.54) is 0 Å². The van der Waals surface area contributed by atoms with Crippen molar-refractivity contribution in [1.29, 1.82) is 0 Å². The zero-order chi connectivity index (χ0) is 19.1. The molecule has 1 atom stereocenters. The first-order chi connectivity index (χ1) is 12.2. The number of hydrogen-bond acceptors (Lipinski definition) is 4. The Morgan fingerprint density at radius 2 is 2.19 bits per heavy atom. The summed E-state index contributed by atoms with van der Waals surface area (Å²) in [6, 6.07) is 3.88. The summed E-state index contributed by atoms with van der Waals surface area (Å²) in [6.07, 6.45) is -3.77. The molecule has 2 N–H and O–H groups in total. The molecule has 1 amide bonds. The number of alkyl halides is 3. The van der Waals surface area contributed by atoms with Gasteiger partial charge in [-0.1, -0.05) is 6.07 Å². The van der Waals surface area contributed by atoms with Crippen molar-refractivity contribution < 1.29 is 18.0 Å². The second-order valence-corrected chi connectivity index (χ2v) is 7.23. The minimum Gasteiger partial charge on any atom is -0.360 e. The molecule has 26 heavy (non-hydrogen) atoms. The van der Waals surface area contributed by atoms with Crippen LogP contribution in [0.15, 0.2) is 22.6 Å². The van der Waals surface area contributed by atoms with E-state index in [2.05, 4.69) is 10.1 Å². The van der Waals surface area contributed by atoms with Gasteiger partial charge in [-0.15, -0.1) is 11.3 Å². The SMILES string of the molecule is Cc1[nH]c(C2CC(c3cccs3)=NN2C)c(C)c1C(=O)NCC(F)(F)F. The van der Waals surface area contributed by atoms with Gasteiger partial charge in [-0.3, -0.25) is 9.80 Å². The monoisotopic (exact) mass is 384 g/mol. The van der Waals surface area contributed by atoms with Crippen molar-refractivity contribution in [3.63, 3.8) is 0 Å². The summed E-state index contributed by atoms with van der Waals surface area (Å²) >= 11 is 1.61. The summed E-state index contributed by atoms with van der Waals surface area (Å²) in [5.41, 5.74) is 3.23. The Hall–Kier alpha value is -2.29. The maximum atomic E-state index is 12.4. The van der Waals surface area contributed by atoms with E-state index >= 15 is 0 Å². The summed E-state index contributed by atoms with van der Waals surface area (Å²) in [7, 11) is 1.85. The summed E-state index contributed by atoms with van der Waals surface area (Å²) in [4.78, 5) is 16.5. The Labute approximate surface area is 152 Å². The standard InChI is InChI=1S/C17H19F3N4OS/c1-9-14(16(25)21-8-17(18,19)20)10(2)22-15(9)12-7-11(23-24(12)3)13-5-4-6-26-13/h4-6,12,22H,7-8H2,1-3H3,(H,21,25). The van der Waals surface area contributed by atoms with Gasteiger partial charge in [0.25, 0.3) is 5.91 Å². The second kappa shape index (κ2) is 6.79. The van der Waals surface area contributed by atoms with Crippen molar-refractivity contribution in [2.45, 2.75) is 32.5 Å². The fourth-order valence-corrected chi connectivity index (χ4v) is 3.94. The minimum atomic E-state index is -4.44. The molecule has 0 bridgehead atoms. The molecule has 1 unspecified atom stereocenters. The molecule has 0 aliphatic carbocycles. The predicted molar refractivity (Wildman–Crippen MR) is 94.6 cm³/mol. The number of amides is 1. The number of H-pyrrole nitrogens is 1. The Morgan fingerprint density at radius 1 is 1.46 bits per heavy atom. The van der Waals surface area contributed by atoms with E-state index in [1.807, 2.05) is 34.9 Å². The normalized spacial score (nSPS) is 17.5. The third-order valence-corrected chi connectivity index (χ3v) is 5.33. The van der Waals surface area contributed by atoms with Gasteiger partial charge in [0.15, 0.2) is 0 Å². The summed E-state index contributed by atoms with van der Waals surface area (Å²) in [6.45, 7) is 2.09. The van der Waals surface area contributed by atoms with Crippen LogP contribution in [0.3, 0.4) is 0 Å². The lowest BCUT2D eigenvalue weighted by Crippen LogP contribution is -2.34. The van der Waals surface area contributed by atoms with Crippen molar-refractivity contribution in [2.24, 2.45) is 5.10 Å². The molecule has 1 aliphatic heterocycles. The average Bonchev–Trinajstić information content (AvgIpc) is 3.24. The van der Waals surface area contributed by atoms with Crippen molar-refractivity contribution in [2.75, 3.05) is 13.6 Å². The molecule has 0 fully saturated rings. The van der Waals surface area contributed by atoms with E-state index in [0.717, 1.165) is 16.3 Å². The minimum absolute atomic E-state index is 0.0880. The molecule has 0 radical (unpaired) electrons. The Bertz CT molecular complexity index is 839. The van der Waals surface area contributed by atoms with E-state index in [4.69, 9.17) is 0 Å². The molecule has 2 aromatic rings. The number of nitrogens with one attached hydrogen (secondary N) is 2. The van der Waals surface area contributed by atoms with Crippen LogP contribution in [0.25, 0.3) is 0 Å². The van der Waals surface area contributed by atoms with Crippen molar-refractivity contribution >= 4 is 23.0 Å². The summed E-state index contributed by atoms with van der Waals surface area (Å²) < 4.78 is 37.1. The molecule has 0 spiro atoms. The zero-order valence-corrected chi connectivity index (χ0v) is 15.4. The van der Waals surface area contributed by atoms with E-state index in [-0.39, 0.29) is 11.6 Å². The van der Waals surface area contributed by atoms with Crippen molar-refractivity contribution in [3.8, 4) is 0 Å². The van der Waals surface area contributed by atoms with Gasteiger partial charge in [-0.05, 0) is 30.9 Å². The molecule has 0 saturated carbocycles. The van der Waals surface area contributed by atoms with Crippen LogP contribution in [0.4, 0.5) is 13.2 Å². The van der Waals surface area contributed by atoms with Crippen LogP contribution in [0.5, 0.6) is 0 Å². The largest absolute Gasteiger partial charge is 0.405 e. The highest BCUT2D eigenvalue weighted by Gasteiger charge is 2.33. The van der Waals surface area contributed by atoms with Crippen molar-refractivity contribution in [3.05, 3.63) is 44.9 Å². The van der Waals surface area contributed by atoms with Crippen LogP contribution in [-0.4, -0.2) is 41.4 Å². The van der Waals surface area contributed by atoms with Gasteiger partial charge in [-0.2, -0.15) is 18.3 Å². The number of carbonyl (C=O) groups is 1. The zero-order valence-electron chi connectivity index (χ0n) is 14.6. The topological polar surface area (TPSA) is 60.5 Å². The van der Waals surface area contributed by atoms with Gasteiger partial charge in [0, 0.05) is 24.9 Å². The number of carbonyl (C=O) groups excluding carboxylic acids is 1. The number of rotatable bonds is 4. The fraction of sp³-hybridized carbons (Fsp3) is 0.412. The van der Waals surface area contributed by atoms with Crippen LogP contribution in [0.1, 0.15) is 44.6 Å². The highest BCUT2D eigenvalue weighted by Crippen LogP contribution is 2.35. The van der Waals surface area contributed by atoms with Crippen LogP contribution < -0.4 is 5.32 Å². The fourth-order valence-electron chi connectivity index (χ4n) is 3.21. The van der Waals surface area contributed by atoms with Gasteiger partial charge in [0.05, 0.1) is 22.2 Å². The molecular weight excluding hydrogens is 365 g/mol. The maximum Gasteiger partial charge on any atom is 0.405 e. The lowest BCUT2D eigenvalue weighted by atomic mass is 10.0. The molecule has 2 aromatic heterocycles. The molecule has 140 valence electrons. The maximum absolute atomic E-state index is 12.4. The van der Waals surface area contributed by atoms with Gasteiger partial charge < -0.3 is 10.3 Å². The molecule has 1 aliphatic rings. The van der Waals surface area contributed by atoms with E-state index < -0.39 is 18.6 Å². The first kappa shape index (κ1) is 18.5. The second-order valence-electron chi connectivity index (χ2n) is 6.28. The quantitative estimate of drug-likeness (QED) is 0.843. The third kappa shape index (κ3) is 3.62. The first-order valence-corrected chi connectivity index (χ1v) is 8.93. The number of aryl methyl sites for hydroxylation is 1. The van der Waals surface area contributed by atoms with Crippen molar-refractivity contribution in [1.82, 2.24) is 15.3 Å². The predicted octanol–water partition coefficient (Wildman–Crippen LogP) is 3.77. The van der Waals surface area contributed by atoms with Gasteiger partial charge in [0.2, 0.25) is 0 Å². The van der Waals surface area contributed by atoms with E-state index in [1.54, 1.807) is 25.2 Å². The average molecular weight is 384 g/mol. The molecule has 5 nitrogen and oxygen atoms in total. The number of hydrazone groups is 1. The molecule has 0 aromatic carbocycles. The molecule has 3 rings (SSSR count). The molecule has 9 heteroatoms. The Kier molecular flexibility index (Phi) is 4.83. The first-order valence-electron chi connectivity index (χ1n) is 8.05. The number of thiophene rings is 1.